The van der Waals surface area contributed by atoms with Crippen molar-refractivity contribution in [2.45, 2.75) is 6.92 Å². The molecule has 1 aliphatic rings. The Kier molecular flexibility index (Phi) is 5.85. The van der Waals surface area contributed by atoms with Crippen molar-refractivity contribution in [1.29, 1.82) is 0 Å². The summed E-state index contributed by atoms with van der Waals surface area (Å²) < 4.78 is 9.64. The molecule has 3 rings (SSSR count). The zero-order valence-electron chi connectivity index (χ0n) is 15.4. The number of esters is 2. The molecule has 0 unspecified atom stereocenters. The molecule has 2 heterocycles. The smallest absolute Gasteiger partial charge is 0.358 e. The second kappa shape index (κ2) is 8.48. The molecular weight excluding hydrogens is 348 g/mol. The molecule has 1 aromatic carbocycles. The molecule has 0 atom stereocenters. The molecule has 2 aromatic rings. The fourth-order valence-electron chi connectivity index (χ4n) is 2.92. The first-order chi connectivity index (χ1) is 13.1. The maximum atomic E-state index is 11.7. The van der Waals surface area contributed by atoms with E-state index in [0.29, 0.717) is 12.2 Å². The monoisotopic (exact) mass is 370 g/mol. The van der Waals surface area contributed by atoms with E-state index in [4.69, 9.17) is 4.74 Å². The van der Waals surface area contributed by atoms with Crippen molar-refractivity contribution < 1.29 is 19.1 Å². The number of hydrogen-bond acceptors (Lipinski definition) is 8. The van der Waals surface area contributed by atoms with Gasteiger partial charge in [-0.15, -0.1) is 10.2 Å². The minimum Gasteiger partial charge on any atom is -0.464 e. The van der Waals surface area contributed by atoms with Crippen LogP contribution < -0.4 is 9.80 Å². The number of rotatable bonds is 5. The van der Waals surface area contributed by atoms with Crippen LogP contribution in [-0.2, 0) is 9.47 Å². The summed E-state index contributed by atoms with van der Waals surface area (Å²) >= 11 is 0. The van der Waals surface area contributed by atoms with Crippen LogP contribution in [0.5, 0.6) is 0 Å². The molecule has 1 saturated heterocycles. The van der Waals surface area contributed by atoms with Crippen LogP contribution in [0.1, 0.15) is 27.8 Å². The first kappa shape index (κ1) is 18.6. The van der Waals surface area contributed by atoms with Gasteiger partial charge in [-0.3, -0.25) is 0 Å². The SMILES string of the molecule is CCOC(=O)c1ccc(N2CCN(c3ccc(C(=O)OC)nn3)CC2)cc1. The normalized spacial score (nSPS) is 14.0. The van der Waals surface area contributed by atoms with Crippen molar-refractivity contribution >= 4 is 23.4 Å². The average molecular weight is 370 g/mol. The Bertz CT molecular complexity index is 784. The Morgan fingerprint density at radius 1 is 0.926 bits per heavy atom. The Morgan fingerprint density at radius 3 is 2.15 bits per heavy atom. The molecule has 8 nitrogen and oxygen atoms in total. The molecular formula is C19H22N4O4. The van der Waals surface area contributed by atoms with E-state index >= 15 is 0 Å². The number of benzene rings is 1. The summed E-state index contributed by atoms with van der Waals surface area (Å²) in [7, 11) is 1.32. The topological polar surface area (TPSA) is 84.9 Å². The van der Waals surface area contributed by atoms with Crippen molar-refractivity contribution in [2.75, 3.05) is 49.7 Å². The third-order valence-corrected chi connectivity index (χ3v) is 4.39. The Hall–Kier alpha value is -3.16. The Morgan fingerprint density at radius 2 is 1.59 bits per heavy atom. The van der Waals surface area contributed by atoms with Crippen LogP contribution in [0.4, 0.5) is 11.5 Å². The molecule has 1 aliphatic heterocycles. The summed E-state index contributed by atoms with van der Waals surface area (Å²) in [5.41, 5.74) is 1.82. The summed E-state index contributed by atoms with van der Waals surface area (Å²) in [6.07, 6.45) is 0. The number of carbonyl (C=O) groups is 2. The van der Waals surface area contributed by atoms with Crippen LogP contribution in [0.2, 0.25) is 0 Å². The number of methoxy groups -OCH3 is 1. The molecule has 1 fully saturated rings. The van der Waals surface area contributed by atoms with Gasteiger partial charge in [-0.05, 0) is 43.3 Å². The highest BCUT2D eigenvalue weighted by atomic mass is 16.5. The van der Waals surface area contributed by atoms with Gasteiger partial charge in [-0.1, -0.05) is 0 Å². The van der Waals surface area contributed by atoms with Crippen LogP contribution in [0.15, 0.2) is 36.4 Å². The van der Waals surface area contributed by atoms with Crippen LogP contribution in [0.3, 0.4) is 0 Å². The first-order valence-electron chi connectivity index (χ1n) is 8.81. The van der Waals surface area contributed by atoms with Crippen LogP contribution >= 0.6 is 0 Å². The van der Waals surface area contributed by atoms with E-state index in [1.165, 1.54) is 7.11 Å². The van der Waals surface area contributed by atoms with Gasteiger partial charge in [0, 0.05) is 31.9 Å². The highest BCUT2D eigenvalue weighted by Gasteiger charge is 2.19. The molecule has 0 N–H and O–H groups in total. The Balaban J connectivity index is 1.58. The molecule has 142 valence electrons. The summed E-state index contributed by atoms with van der Waals surface area (Å²) in [5, 5.41) is 8.04. The molecule has 8 heteroatoms. The lowest BCUT2D eigenvalue weighted by Crippen LogP contribution is -2.46. The van der Waals surface area contributed by atoms with Crippen molar-refractivity contribution in [1.82, 2.24) is 10.2 Å². The lowest BCUT2D eigenvalue weighted by atomic mass is 10.2. The number of nitrogens with zero attached hydrogens (tertiary/aromatic N) is 4. The van der Waals surface area contributed by atoms with Gasteiger partial charge in [-0.2, -0.15) is 0 Å². The average Bonchev–Trinajstić information content (AvgIpc) is 2.74. The largest absolute Gasteiger partial charge is 0.464 e. The van der Waals surface area contributed by atoms with E-state index in [9.17, 15) is 9.59 Å². The number of hydrogen-bond donors (Lipinski definition) is 0. The van der Waals surface area contributed by atoms with E-state index < -0.39 is 5.97 Å². The number of aromatic nitrogens is 2. The zero-order valence-corrected chi connectivity index (χ0v) is 15.4. The van der Waals surface area contributed by atoms with E-state index in [1.54, 1.807) is 31.2 Å². The quantitative estimate of drug-likeness (QED) is 0.736. The number of anilines is 2. The van der Waals surface area contributed by atoms with Crippen LogP contribution in [0, 0.1) is 0 Å². The van der Waals surface area contributed by atoms with Crippen LogP contribution in [-0.4, -0.2) is 62.0 Å². The van der Waals surface area contributed by atoms with Crippen LogP contribution in [0.25, 0.3) is 0 Å². The molecule has 27 heavy (non-hydrogen) atoms. The highest BCUT2D eigenvalue weighted by molar-refractivity contribution is 5.89. The van der Waals surface area contributed by atoms with Gasteiger partial charge in [0.05, 0.1) is 19.3 Å². The lowest BCUT2D eigenvalue weighted by molar-refractivity contribution is 0.0525. The highest BCUT2D eigenvalue weighted by Crippen LogP contribution is 2.20. The number of piperazine rings is 1. The van der Waals surface area contributed by atoms with Crippen molar-refractivity contribution in [3.63, 3.8) is 0 Å². The fourth-order valence-corrected chi connectivity index (χ4v) is 2.92. The third kappa shape index (κ3) is 4.33. The minimum atomic E-state index is -0.495. The molecule has 0 amide bonds. The Labute approximate surface area is 157 Å². The number of ether oxygens (including phenoxy) is 2. The van der Waals surface area contributed by atoms with Gasteiger partial charge >= 0.3 is 11.9 Å². The van der Waals surface area contributed by atoms with E-state index in [2.05, 4.69) is 24.7 Å². The fraction of sp³-hybridized carbons (Fsp3) is 0.368. The van der Waals surface area contributed by atoms with Crippen molar-refractivity contribution in [3.8, 4) is 0 Å². The maximum Gasteiger partial charge on any atom is 0.358 e. The predicted octanol–water partition coefficient (Wildman–Crippen LogP) is 1.77. The second-order valence-electron chi connectivity index (χ2n) is 6.01. The van der Waals surface area contributed by atoms with Crippen molar-refractivity contribution in [2.24, 2.45) is 0 Å². The van der Waals surface area contributed by atoms with Gasteiger partial charge in [-0.25, -0.2) is 9.59 Å². The predicted molar refractivity (Wildman–Crippen MR) is 100 cm³/mol. The number of carbonyl (C=O) groups excluding carboxylic acids is 2. The summed E-state index contributed by atoms with van der Waals surface area (Å²) in [5.74, 6) is -0.0621. The molecule has 0 bridgehead atoms. The summed E-state index contributed by atoms with van der Waals surface area (Å²) in [4.78, 5) is 27.5. The lowest BCUT2D eigenvalue weighted by Gasteiger charge is -2.36. The second-order valence-corrected chi connectivity index (χ2v) is 6.01. The van der Waals surface area contributed by atoms with Gasteiger partial charge in [0.15, 0.2) is 11.5 Å². The summed E-state index contributed by atoms with van der Waals surface area (Å²) in [6.45, 7) is 5.36. The van der Waals surface area contributed by atoms with E-state index in [1.807, 2.05) is 12.1 Å². The van der Waals surface area contributed by atoms with Gasteiger partial charge in [0.2, 0.25) is 0 Å². The maximum absolute atomic E-state index is 11.7. The first-order valence-corrected chi connectivity index (χ1v) is 8.81. The minimum absolute atomic E-state index is 0.196. The third-order valence-electron chi connectivity index (χ3n) is 4.39. The molecule has 0 saturated carbocycles. The van der Waals surface area contributed by atoms with Gasteiger partial charge < -0.3 is 19.3 Å². The summed E-state index contributed by atoms with van der Waals surface area (Å²) in [6, 6.07) is 10.9. The van der Waals surface area contributed by atoms with Gasteiger partial charge in [0.25, 0.3) is 0 Å². The standard InChI is InChI=1S/C19H22N4O4/c1-3-27-18(24)14-4-6-15(7-5-14)22-10-12-23(13-11-22)17-9-8-16(20-21-17)19(25)26-2/h4-9H,3,10-13H2,1-2H3. The van der Waals surface area contributed by atoms with E-state index in [0.717, 1.165) is 37.7 Å². The molecule has 0 radical (unpaired) electrons. The van der Waals surface area contributed by atoms with Gasteiger partial charge in [0.1, 0.15) is 0 Å². The molecule has 1 aromatic heterocycles. The van der Waals surface area contributed by atoms with E-state index in [-0.39, 0.29) is 11.7 Å². The van der Waals surface area contributed by atoms with Crippen molar-refractivity contribution in [3.05, 3.63) is 47.7 Å². The molecule has 0 aliphatic carbocycles. The zero-order chi connectivity index (χ0) is 19.2. The molecule has 0 spiro atoms.